The zero-order valence-corrected chi connectivity index (χ0v) is 14.7. The first-order chi connectivity index (χ1) is 11.0. The van der Waals surface area contributed by atoms with Crippen LogP contribution in [0.3, 0.4) is 0 Å². The number of benzene rings is 1. The van der Waals surface area contributed by atoms with E-state index in [2.05, 4.69) is 13.8 Å². The maximum atomic E-state index is 13.3. The molecule has 1 aromatic carbocycles. The van der Waals surface area contributed by atoms with E-state index in [9.17, 15) is 13.6 Å². The third kappa shape index (κ3) is 7.24. The van der Waals surface area contributed by atoms with Gasteiger partial charge in [0.2, 0.25) is 0 Å². The summed E-state index contributed by atoms with van der Waals surface area (Å²) in [4.78, 5) is 11.9. The minimum absolute atomic E-state index is 0.294. The molecule has 3 heteroatoms. The molecule has 1 rings (SSSR count). The number of rotatable bonds is 11. The number of aryl methyl sites for hydroxylation is 1. The molecule has 0 aromatic heterocycles. The van der Waals surface area contributed by atoms with Crippen LogP contribution in [0.2, 0.25) is 0 Å². The highest BCUT2D eigenvalue weighted by molar-refractivity contribution is 5.78. The minimum atomic E-state index is -0.806. The Morgan fingerprint density at radius 1 is 1.09 bits per heavy atom. The lowest BCUT2D eigenvalue weighted by molar-refractivity contribution is -0.120. The van der Waals surface area contributed by atoms with E-state index in [1.165, 1.54) is 31.4 Å². The van der Waals surface area contributed by atoms with E-state index in [4.69, 9.17) is 0 Å². The Morgan fingerprint density at radius 2 is 1.83 bits per heavy atom. The summed E-state index contributed by atoms with van der Waals surface area (Å²) >= 11 is 0. The molecule has 23 heavy (non-hydrogen) atoms. The predicted octanol–water partition coefficient (Wildman–Crippen LogP) is 6.10. The zero-order chi connectivity index (χ0) is 17.2. The van der Waals surface area contributed by atoms with Gasteiger partial charge >= 0.3 is 0 Å². The van der Waals surface area contributed by atoms with Crippen LogP contribution < -0.4 is 0 Å². The van der Waals surface area contributed by atoms with Crippen LogP contribution >= 0.6 is 0 Å². The fourth-order valence-electron chi connectivity index (χ4n) is 3.02. The second-order valence-corrected chi connectivity index (χ2v) is 6.62. The smallest absolute Gasteiger partial charge is 0.159 e. The van der Waals surface area contributed by atoms with Crippen molar-refractivity contribution in [2.24, 2.45) is 11.8 Å². The van der Waals surface area contributed by atoms with Gasteiger partial charge in [-0.3, -0.25) is 4.79 Å². The molecule has 130 valence electrons. The molecule has 1 aromatic rings. The molecular formula is C20H30F2O. The fourth-order valence-corrected chi connectivity index (χ4v) is 3.02. The Hall–Kier alpha value is -1.25. The summed E-state index contributed by atoms with van der Waals surface area (Å²) in [5.74, 6) is -0.489. The van der Waals surface area contributed by atoms with E-state index in [0.717, 1.165) is 18.4 Å². The number of Topliss-reactive ketones (excluding diaryl/α,β-unsaturated/α-hetero) is 1. The molecule has 0 bridgehead atoms. The summed E-state index contributed by atoms with van der Waals surface area (Å²) in [5.41, 5.74) is 0.804. The van der Waals surface area contributed by atoms with Crippen molar-refractivity contribution < 1.29 is 13.6 Å². The second-order valence-electron chi connectivity index (χ2n) is 6.62. The van der Waals surface area contributed by atoms with E-state index in [0.29, 0.717) is 36.9 Å². The number of carbonyl (C=O) groups is 1. The number of hydrogen-bond acceptors (Lipinski definition) is 1. The van der Waals surface area contributed by atoms with Gasteiger partial charge in [-0.15, -0.1) is 0 Å². The van der Waals surface area contributed by atoms with Gasteiger partial charge in [0.25, 0.3) is 0 Å². The van der Waals surface area contributed by atoms with Gasteiger partial charge in [0.1, 0.15) is 5.78 Å². The van der Waals surface area contributed by atoms with E-state index >= 15 is 0 Å². The normalized spacial score (nSPS) is 13.8. The average molecular weight is 324 g/mol. The lowest BCUT2D eigenvalue weighted by Gasteiger charge is -2.23. The standard InChI is InChI=1S/C20H30F2O/c1-4-6-7-8-15(3)17(14-18(23)5-2)11-9-16-10-12-19(21)20(22)13-16/h10,12-13,15,17H,4-9,11,14H2,1-3H3. The SMILES string of the molecule is CCCCCC(C)C(CCc1ccc(F)c(F)c1)CC(=O)CC. The highest BCUT2D eigenvalue weighted by atomic mass is 19.2. The van der Waals surface area contributed by atoms with Crippen molar-refractivity contribution in [3.8, 4) is 0 Å². The minimum Gasteiger partial charge on any atom is -0.300 e. The van der Waals surface area contributed by atoms with Gasteiger partial charge in [0, 0.05) is 12.8 Å². The maximum absolute atomic E-state index is 13.3. The van der Waals surface area contributed by atoms with Crippen LogP contribution in [0.1, 0.15) is 71.3 Å². The first kappa shape index (κ1) is 19.8. The van der Waals surface area contributed by atoms with E-state index in [-0.39, 0.29) is 0 Å². The zero-order valence-electron chi connectivity index (χ0n) is 14.7. The van der Waals surface area contributed by atoms with Gasteiger partial charge in [0.05, 0.1) is 0 Å². The second kappa shape index (κ2) is 10.5. The van der Waals surface area contributed by atoms with Crippen molar-refractivity contribution in [3.05, 3.63) is 35.4 Å². The van der Waals surface area contributed by atoms with Crippen LogP contribution in [-0.2, 0) is 11.2 Å². The van der Waals surface area contributed by atoms with Crippen molar-refractivity contribution in [1.82, 2.24) is 0 Å². The highest BCUT2D eigenvalue weighted by Gasteiger charge is 2.20. The van der Waals surface area contributed by atoms with Crippen molar-refractivity contribution >= 4 is 5.78 Å². The number of ketones is 1. The molecule has 0 spiro atoms. The molecule has 0 aliphatic rings. The van der Waals surface area contributed by atoms with Crippen LogP contribution in [0, 0.1) is 23.5 Å². The third-order valence-electron chi connectivity index (χ3n) is 4.74. The Bertz CT molecular complexity index is 485. The summed E-state index contributed by atoms with van der Waals surface area (Å²) in [6.45, 7) is 6.30. The lowest BCUT2D eigenvalue weighted by atomic mass is 9.81. The molecule has 0 aliphatic carbocycles. The first-order valence-corrected chi connectivity index (χ1v) is 8.93. The van der Waals surface area contributed by atoms with Crippen molar-refractivity contribution in [2.45, 2.75) is 72.1 Å². The van der Waals surface area contributed by atoms with Gasteiger partial charge in [-0.2, -0.15) is 0 Å². The summed E-state index contributed by atoms with van der Waals surface area (Å²) in [6, 6.07) is 4.09. The summed E-state index contributed by atoms with van der Waals surface area (Å²) in [5, 5.41) is 0. The maximum Gasteiger partial charge on any atom is 0.159 e. The van der Waals surface area contributed by atoms with Gasteiger partial charge in [-0.1, -0.05) is 52.5 Å². The molecule has 0 saturated heterocycles. The first-order valence-electron chi connectivity index (χ1n) is 8.93. The van der Waals surface area contributed by atoms with Crippen LogP contribution in [0.5, 0.6) is 0 Å². The Morgan fingerprint density at radius 3 is 2.43 bits per heavy atom. The van der Waals surface area contributed by atoms with Crippen LogP contribution in [0.15, 0.2) is 18.2 Å². The Balaban J connectivity index is 2.63. The molecular weight excluding hydrogens is 294 g/mol. The predicted molar refractivity (Wildman–Crippen MR) is 91.4 cm³/mol. The quantitative estimate of drug-likeness (QED) is 0.449. The average Bonchev–Trinajstić information content (AvgIpc) is 2.54. The van der Waals surface area contributed by atoms with E-state index in [1.54, 1.807) is 6.07 Å². The van der Waals surface area contributed by atoms with Gasteiger partial charge in [0.15, 0.2) is 11.6 Å². The third-order valence-corrected chi connectivity index (χ3v) is 4.74. The summed E-state index contributed by atoms with van der Waals surface area (Å²) in [7, 11) is 0. The molecule has 0 heterocycles. The molecule has 2 unspecified atom stereocenters. The number of hydrogen-bond donors (Lipinski definition) is 0. The lowest BCUT2D eigenvalue weighted by Crippen LogP contribution is -2.17. The molecule has 0 aliphatic heterocycles. The highest BCUT2D eigenvalue weighted by Crippen LogP contribution is 2.27. The van der Waals surface area contributed by atoms with Crippen LogP contribution in [0.25, 0.3) is 0 Å². The number of carbonyl (C=O) groups excluding carboxylic acids is 1. The molecule has 0 amide bonds. The number of unbranched alkanes of at least 4 members (excludes halogenated alkanes) is 2. The Labute approximate surface area is 139 Å². The van der Waals surface area contributed by atoms with Crippen molar-refractivity contribution in [1.29, 1.82) is 0 Å². The monoisotopic (exact) mass is 324 g/mol. The molecule has 1 nitrogen and oxygen atoms in total. The molecule has 0 saturated carbocycles. The number of halogens is 2. The van der Waals surface area contributed by atoms with E-state index < -0.39 is 11.6 Å². The Kier molecular flexibility index (Phi) is 9.05. The fraction of sp³-hybridized carbons (Fsp3) is 0.650. The molecule has 0 radical (unpaired) electrons. The summed E-state index contributed by atoms with van der Waals surface area (Å²) < 4.78 is 26.3. The molecule has 0 N–H and O–H groups in total. The molecule has 0 fully saturated rings. The summed E-state index contributed by atoms with van der Waals surface area (Å²) in [6.07, 6.45) is 7.47. The van der Waals surface area contributed by atoms with E-state index in [1.807, 2.05) is 6.92 Å². The van der Waals surface area contributed by atoms with Gasteiger partial charge < -0.3 is 0 Å². The topological polar surface area (TPSA) is 17.1 Å². The van der Waals surface area contributed by atoms with Crippen LogP contribution in [0.4, 0.5) is 8.78 Å². The van der Waals surface area contributed by atoms with Gasteiger partial charge in [-0.05, 0) is 42.4 Å². The van der Waals surface area contributed by atoms with Crippen molar-refractivity contribution in [3.63, 3.8) is 0 Å². The van der Waals surface area contributed by atoms with Crippen LogP contribution in [-0.4, -0.2) is 5.78 Å². The van der Waals surface area contributed by atoms with Gasteiger partial charge in [-0.25, -0.2) is 8.78 Å². The van der Waals surface area contributed by atoms with Crippen molar-refractivity contribution in [2.75, 3.05) is 0 Å². The largest absolute Gasteiger partial charge is 0.300 e. The molecule has 2 atom stereocenters.